The maximum absolute atomic E-state index is 13.7. The van der Waals surface area contributed by atoms with E-state index in [2.05, 4.69) is 0 Å². The lowest BCUT2D eigenvalue weighted by atomic mass is 9.91. The van der Waals surface area contributed by atoms with Crippen molar-refractivity contribution >= 4 is 10.0 Å². The van der Waals surface area contributed by atoms with Gasteiger partial charge in [0.05, 0.1) is 0 Å². The summed E-state index contributed by atoms with van der Waals surface area (Å²) >= 11 is 0. The third-order valence-electron chi connectivity index (χ3n) is 4.16. The molecule has 0 saturated heterocycles. The van der Waals surface area contributed by atoms with Crippen LogP contribution in [-0.4, -0.2) is 66.5 Å². The van der Waals surface area contributed by atoms with E-state index in [4.69, 9.17) is 0 Å². The molecule has 0 spiro atoms. The van der Waals surface area contributed by atoms with Gasteiger partial charge in [0.2, 0.25) is 0 Å². The molecule has 0 atom stereocenters. The number of hydrogen-bond donors (Lipinski definition) is 0. The molecule has 0 N–H and O–H groups in total. The monoisotopic (exact) mass is 587 g/mol. The molecule has 0 bridgehead atoms. The van der Waals surface area contributed by atoms with E-state index >= 15 is 0 Å². The second kappa shape index (κ2) is 8.89. The zero-order valence-corrected chi connectivity index (χ0v) is 17.3. The van der Waals surface area contributed by atoms with Crippen LogP contribution in [0.1, 0.15) is 20.3 Å². The van der Waals surface area contributed by atoms with Crippen LogP contribution in [0.25, 0.3) is 0 Å². The van der Waals surface area contributed by atoms with Gasteiger partial charge in [-0.2, -0.15) is 74.6 Å². The first-order valence-corrected chi connectivity index (χ1v) is 9.67. The van der Waals surface area contributed by atoms with E-state index < -0.39 is 80.4 Å². The summed E-state index contributed by atoms with van der Waals surface area (Å²) in [6, 6.07) is 0. The number of nitrogens with zero attached hydrogens (tertiary/aromatic N) is 1. The minimum absolute atomic E-state index is 0.820. The Bertz CT molecular complexity index is 862. The molecule has 0 radical (unpaired) electrons. The quantitative estimate of drug-likeness (QED) is 0.204. The predicted octanol–water partition coefficient (Wildman–Crippen LogP) is 6.52. The van der Waals surface area contributed by atoms with Crippen molar-refractivity contribution in [3.63, 3.8) is 0 Å². The first kappa shape index (κ1) is 33.7. The van der Waals surface area contributed by atoms with E-state index in [1.54, 1.807) is 0 Å². The molecule has 0 aliphatic rings. The fourth-order valence-corrected chi connectivity index (χ4v) is 2.96. The smallest absolute Gasteiger partial charge is 0.203 e. The Morgan fingerprint density at radius 1 is 0.571 bits per heavy atom. The maximum atomic E-state index is 13.7. The summed E-state index contributed by atoms with van der Waals surface area (Å²) in [5, 5.41) is -7.88. The molecule has 0 aliphatic heterocycles. The molecule has 35 heavy (non-hydrogen) atoms. The molecule has 212 valence electrons. The Morgan fingerprint density at radius 3 is 1.14 bits per heavy atom. The van der Waals surface area contributed by atoms with Gasteiger partial charge >= 0.3 is 57.0 Å². The molecule has 0 amide bonds. The zero-order chi connectivity index (χ0) is 29.1. The van der Waals surface area contributed by atoms with Gasteiger partial charge < -0.3 is 0 Å². The van der Waals surface area contributed by atoms with Crippen LogP contribution in [0.15, 0.2) is 0 Å². The normalized spacial score (nSPS) is 16.4. The van der Waals surface area contributed by atoms with Crippen LogP contribution in [0, 0.1) is 5.92 Å². The number of hydrogen-bond acceptors (Lipinski definition) is 2. The van der Waals surface area contributed by atoms with Crippen molar-refractivity contribution < 1.29 is 87.5 Å². The van der Waals surface area contributed by atoms with Crippen LogP contribution in [-0.2, 0) is 10.0 Å². The average molecular weight is 587 g/mol. The Hall–Kier alpha value is -1.35. The largest absolute Gasteiger partial charge is 0.460 e. The van der Waals surface area contributed by atoms with Crippen molar-refractivity contribution in [2.75, 3.05) is 6.54 Å². The van der Waals surface area contributed by atoms with Crippen LogP contribution < -0.4 is 0 Å². The average Bonchev–Trinajstić information content (AvgIpc) is 2.63. The summed E-state index contributed by atoms with van der Waals surface area (Å²) in [5.74, 6) is -53.1. The first-order valence-electron chi connectivity index (χ1n) is 8.23. The summed E-state index contributed by atoms with van der Waals surface area (Å²) in [7, 11) is -7.86. The summed E-state index contributed by atoms with van der Waals surface area (Å²) in [4.78, 5) is 0. The maximum Gasteiger partial charge on any atom is 0.460 e. The van der Waals surface area contributed by atoms with E-state index in [0.29, 0.717) is 0 Å². The molecule has 0 heterocycles. The van der Waals surface area contributed by atoms with Gasteiger partial charge in [-0.25, -0.2) is 8.42 Å². The van der Waals surface area contributed by atoms with Crippen molar-refractivity contribution in [3.8, 4) is 0 Å². The van der Waals surface area contributed by atoms with Crippen LogP contribution in [0.3, 0.4) is 0 Å². The summed E-state index contributed by atoms with van der Waals surface area (Å²) < 4.78 is 256. The van der Waals surface area contributed by atoms with E-state index in [1.807, 2.05) is 0 Å². The SMILES string of the molecule is CC(C)CCN(F)S(=O)(=O)C(F)(F)C(F)(F)C(F)(F)C(F)(F)C(F)(F)C(F)(F)C(F)(F)C(F)(F)F. The van der Waals surface area contributed by atoms with Gasteiger partial charge in [0.15, 0.2) is 0 Å². The topological polar surface area (TPSA) is 37.4 Å². The Balaban J connectivity index is 6.86. The van der Waals surface area contributed by atoms with Gasteiger partial charge in [0.1, 0.15) is 0 Å². The Kier molecular flexibility index (Phi) is 8.55. The van der Waals surface area contributed by atoms with Crippen LogP contribution >= 0.6 is 0 Å². The lowest BCUT2D eigenvalue weighted by Crippen LogP contribution is -2.75. The third kappa shape index (κ3) is 4.60. The predicted molar refractivity (Wildman–Crippen MR) is 76.9 cm³/mol. The number of halogens is 18. The molecule has 0 saturated carbocycles. The van der Waals surface area contributed by atoms with Crippen LogP contribution in [0.2, 0.25) is 0 Å². The Labute approximate surface area is 183 Å². The highest BCUT2D eigenvalue weighted by Crippen LogP contribution is 2.64. The molecule has 0 aromatic rings. The molecule has 22 heteroatoms. The molecule has 0 aromatic carbocycles. The van der Waals surface area contributed by atoms with Crippen molar-refractivity contribution in [2.24, 2.45) is 5.92 Å². The van der Waals surface area contributed by atoms with Crippen molar-refractivity contribution in [1.29, 1.82) is 0 Å². The van der Waals surface area contributed by atoms with E-state index in [-0.39, 0.29) is 0 Å². The summed E-state index contributed by atoms with van der Waals surface area (Å²) in [6.07, 6.45) is -8.74. The van der Waals surface area contributed by atoms with Crippen molar-refractivity contribution in [3.05, 3.63) is 0 Å². The molecule has 0 fully saturated rings. The van der Waals surface area contributed by atoms with E-state index in [1.165, 1.54) is 0 Å². The highest BCUT2D eigenvalue weighted by molar-refractivity contribution is 7.90. The lowest BCUT2D eigenvalue weighted by molar-refractivity contribution is -0.458. The summed E-state index contributed by atoms with van der Waals surface area (Å²) in [6.45, 7) is 0.404. The van der Waals surface area contributed by atoms with Gasteiger partial charge in [0.25, 0.3) is 0 Å². The summed E-state index contributed by atoms with van der Waals surface area (Å²) in [5.41, 5.74) is 0. The van der Waals surface area contributed by atoms with E-state index in [9.17, 15) is 87.5 Å². The first-order chi connectivity index (χ1) is 14.8. The van der Waals surface area contributed by atoms with Crippen LogP contribution in [0.4, 0.5) is 79.1 Å². The molecule has 0 aromatic heterocycles. The van der Waals surface area contributed by atoms with E-state index in [0.717, 1.165) is 13.8 Å². The molecule has 0 unspecified atom stereocenters. The minimum atomic E-state index is -8.94. The molecule has 0 aliphatic carbocycles. The molecule has 3 nitrogen and oxygen atoms in total. The number of alkyl halides is 17. The standard InChI is InChI=1S/C13H11F18NO2S/c1-5(2)3-4-32(31)35(33,34)13(29,30)11(24,25)9(20,21)7(16,17)6(14,15)8(18,19)10(22,23)12(26,27)28/h5H,3-4H2,1-2H3. The van der Waals surface area contributed by atoms with Crippen molar-refractivity contribution in [2.45, 2.75) is 67.2 Å². The molecular weight excluding hydrogens is 576 g/mol. The van der Waals surface area contributed by atoms with Gasteiger partial charge in [-0.15, -0.1) is 4.48 Å². The van der Waals surface area contributed by atoms with Gasteiger partial charge in [0, 0.05) is 6.54 Å². The van der Waals surface area contributed by atoms with Gasteiger partial charge in [-0.1, -0.05) is 13.8 Å². The number of sulfonamides is 1. The molecular formula is C13H11F18NO2S. The van der Waals surface area contributed by atoms with Crippen LogP contribution in [0.5, 0.6) is 0 Å². The highest BCUT2D eigenvalue weighted by atomic mass is 32.2. The second-order valence-electron chi connectivity index (χ2n) is 7.16. The fourth-order valence-electron chi connectivity index (χ4n) is 1.92. The Morgan fingerprint density at radius 2 is 0.857 bits per heavy atom. The van der Waals surface area contributed by atoms with Gasteiger partial charge in [-0.05, 0) is 16.9 Å². The lowest BCUT2D eigenvalue weighted by Gasteiger charge is -2.42. The molecule has 0 rings (SSSR count). The van der Waals surface area contributed by atoms with Crippen molar-refractivity contribution in [1.82, 2.24) is 4.53 Å². The van der Waals surface area contributed by atoms with Gasteiger partial charge in [-0.3, -0.25) is 0 Å². The minimum Gasteiger partial charge on any atom is -0.203 e. The number of rotatable bonds is 11. The zero-order valence-electron chi connectivity index (χ0n) is 16.5. The second-order valence-corrected chi connectivity index (χ2v) is 9.02. The fraction of sp³-hybridized carbons (Fsp3) is 1.00. The third-order valence-corrected chi connectivity index (χ3v) is 5.77. The highest BCUT2D eigenvalue weighted by Gasteiger charge is 2.96.